The number of nitrogens with zero attached hydrogens (tertiary/aromatic N) is 1. The molecular weight excluding hydrogens is 206 g/mol. The van der Waals surface area contributed by atoms with Crippen molar-refractivity contribution in [1.29, 1.82) is 0 Å². The minimum atomic E-state index is -0.781. The number of carbonyl (C=O) groups is 1. The van der Waals surface area contributed by atoms with Crippen LogP contribution < -0.4 is 0 Å². The van der Waals surface area contributed by atoms with Crippen LogP contribution in [0.3, 0.4) is 0 Å². The summed E-state index contributed by atoms with van der Waals surface area (Å²) in [5.41, 5.74) is 0.902. The molecule has 1 atom stereocenters. The monoisotopic (exact) mass is 225 g/mol. The lowest BCUT2D eigenvalue weighted by molar-refractivity contribution is -0.142. The lowest BCUT2D eigenvalue weighted by Gasteiger charge is -2.29. The van der Waals surface area contributed by atoms with Crippen LogP contribution in [0.15, 0.2) is 24.1 Å². The quantitative estimate of drug-likeness (QED) is 0.775. The number of allylic oxidation sites excluding steroid dienone is 1. The number of carboxylic acids is 1. The van der Waals surface area contributed by atoms with Gasteiger partial charge < -0.3 is 14.7 Å². The van der Waals surface area contributed by atoms with E-state index in [-0.39, 0.29) is 0 Å². The van der Waals surface area contributed by atoms with E-state index < -0.39 is 12.0 Å². The predicted octanol–water partition coefficient (Wildman–Crippen LogP) is 1.85. The highest BCUT2D eigenvalue weighted by atomic mass is 16.5. The van der Waals surface area contributed by atoms with Crippen molar-refractivity contribution in [3.63, 3.8) is 0 Å². The van der Waals surface area contributed by atoms with Crippen molar-refractivity contribution < 1.29 is 14.6 Å². The van der Waals surface area contributed by atoms with Gasteiger partial charge in [0.25, 0.3) is 0 Å². The van der Waals surface area contributed by atoms with Gasteiger partial charge in [0.1, 0.15) is 12.6 Å². The van der Waals surface area contributed by atoms with E-state index in [2.05, 4.69) is 0 Å². The molecule has 1 aliphatic rings. The minimum absolute atomic E-state index is 0.355. The Bertz CT molecular complexity index is 307. The number of hydrogen-bond donors (Lipinski definition) is 1. The zero-order chi connectivity index (χ0) is 12.1. The number of hydrogen-bond acceptors (Lipinski definition) is 3. The summed E-state index contributed by atoms with van der Waals surface area (Å²) in [6, 6.07) is -0.478. The van der Waals surface area contributed by atoms with Crippen LogP contribution in [0.25, 0.3) is 0 Å². The third kappa shape index (κ3) is 3.29. The second-order valence-electron chi connectivity index (χ2n) is 4.36. The molecule has 1 heterocycles. The highest BCUT2D eigenvalue weighted by Gasteiger charge is 2.24. The van der Waals surface area contributed by atoms with Crippen molar-refractivity contribution in [3.8, 4) is 0 Å². The molecule has 90 valence electrons. The summed E-state index contributed by atoms with van der Waals surface area (Å²) < 4.78 is 5.04. The van der Waals surface area contributed by atoms with Gasteiger partial charge in [-0.2, -0.15) is 0 Å². The molecule has 16 heavy (non-hydrogen) atoms. The van der Waals surface area contributed by atoms with Crippen LogP contribution in [0.1, 0.15) is 20.3 Å². The largest absolute Gasteiger partial charge is 0.497 e. The Morgan fingerprint density at radius 2 is 2.31 bits per heavy atom. The van der Waals surface area contributed by atoms with Crippen molar-refractivity contribution in [2.75, 3.05) is 13.7 Å². The summed E-state index contributed by atoms with van der Waals surface area (Å²) >= 11 is 0. The van der Waals surface area contributed by atoms with Gasteiger partial charge in [0.05, 0.1) is 6.26 Å². The molecule has 0 saturated heterocycles. The van der Waals surface area contributed by atoms with Gasteiger partial charge in [-0.05, 0) is 24.5 Å². The Hall–Kier alpha value is -1.45. The van der Waals surface area contributed by atoms with Crippen LogP contribution in [-0.4, -0.2) is 35.7 Å². The molecule has 4 nitrogen and oxygen atoms in total. The molecule has 0 aromatic rings. The fraction of sp³-hybridized carbons (Fsp3) is 0.583. The molecule has 0 aromatic carbocycles. The average Bonchev–Trinajstić information content (AvgIpc) is 2.25. The van der Waals surface area contributed by atoms with E-state index in [4.69, 9.17) is 4.74 Å². The Morgan fingerprint density at radius 3 is 2.75 bits per heavy atom. The fourth-order valence-corrected chi connectivity index (χ4v) is 1.69. The van der Waals surface area contributed by atoms with Gasteiger partial charge in [-0.3, -0.25) is 0 Å². The van der Waals surface area contributed by atoms with Gasteiger partial charge >= 0.3 is 5.97 Å². The molecule has 0 saturated carbocycles. The van der Waals surface area contributed by atoms with Crippen LogP contribution in [0.5, 0.6) is 0 Å². The molecule has 0 aromatic heterocycles. The average molecular weight is 225 g/mol. The summed E-state index contributed by atoms with van der Waals surface area (Å²) in [5.74, 6) is -0.426. The molecule has 4 heteroatoms. The number of aliphatic carboxylic acids is 1. The lowest BCUT2D eigenvalue weighted by atomic mass is 10.0. The summed E-state index contributed by atoms with van der Waals surface area (Å²) in [4.78, 5) is 13.0. The maximum absolute atomic E-state index is 11.2. The van der Waals surface area contributed by atoms with Crippen LogP contribution >= 0.6 is 0 Å². The van der Waals surface area contributed by atoms with Crippen molar-refractivity contribution in [2.45, 2.75) is 26.3 Å². The topological polar surface area (TPSA) is 49.8 Å². The van der Waals surface area contributed by atoms with Crippen LogP contribution in [0.2, 0.25) is 0 Å². The van der Waals surface area contributed by atoms with Crippen molar-refractivity contribution in [2.24, 2.45) is 5.92 Å². The molecule has 1 rings (SSSR count). The maximum Gasteiger partial charge on any atom is 0.326 e. The molecule has 0 amide bonds. The van der Waals surface area contributed by atoms with Gasteiger partial charge in [-0.25, -0.2) is 4.79 Å². The number of likely N-dealkylation sites (N-methyl/N-ethyl adjacent to an activating group) is 1. The van der Waals surface area contributed by atoms with E-state index in [0.29, 0.717) is 18.9 Å². The second-order valence-corrected chi connectivity index (χ2v) is 4.36. The first-order valence-electron chi connectivity index (χ1n) is 5.46. The Morgan fingerprint density at radius 1 is 1.62 bits per heavy atom. The smallest absolute Gasteiger partial charge is 0.326 e. The third-order valence-electron chi connectivity index (χ3n) is 2.58. The molecule has 0 bridgehead atoms. The highest BCUT2D eigenvalue weighted by molar-refractivity contribution is 5.73. The third-order valence-corrected chi connectivity index (χ3v) is 2.58. The number of carboxylic acid groups (broad SMARTS) is 1. The molecule has 0 fully saturated rings. The molecule has 1 N–H and O–H groups in total. The van der Waals surface area contributed by atoms with E-state index in [0.717, 1.165) is 5.70 Å². The van der Waals surface area contributed by atoms with Gasteiger partial charge in [-0.1, -0.05) is 13.8 Å². The lowest BCUT2D eigenvalue weighted by Crippen LogP contribution is -2.38. The van der Waals surface area contributed by atoms with Crippen molar-refractivity contribution >= 4 is 5.97 Å². The fourth-order valence-electron chi connectivity index (χ4n) is 1.69. The standard InChI is InChI=1S/C12H19NO3/c1-9(2)8-11(12(14)15)13(3)10-4-6-16-7-5-10/h4-6,9,11H,7-8H2,1-3H3,(H,14,15). The van der Waals surface area contributed by atoms with Crippen LogP contribution in [0, 0.1) is 5.92 Å². The zero-order valence-electron chi connectivity index (χ0n) is 10.0. The van der Waals surface area contributed by atoms with Crippen LogP contribution in [0.4, 0.5) is 0 Å². The Balaban J connectivity index is 2.74. The molecular formula is C12H19NO3. The molecule has 0 spiro atoms. The summed E-state index contributed by atoms with van der Waals surface area (Å²) in [6.45, 7) is 4.56. The summed E-state index contributed by atoms with van der Waals surface area (Å²) in [6.07, 6.45) is 5.91. The SMILES string of the molecule is CC(C)CC(C(=O)O)N(C)C1=CCOC=C1. The maximum atomic E-state index is 11.2. The first-order chi connectivity index (χ1) is 7.52. The van der Waals surface area contributed by atoms with Crippen molar-refractivity contribution in [3.05, 3.63) is 24.1 Å². The predicted molar refractivity (Wildman–Crippen MR) is 61.8 cm³/mol. The molecule has 0 aliphatic carbocycles. The van der Waals surface area contributed by atoms with Gasteiger partial charge in [0.2, 0.25) is 0 Å². The first-order valence-corrected chi connectivity index (χ1v) is 5.46. The van der Waals surface area contributed by atoms with E-state index in [1.54, 1.807) is 17.2 Å². The zero-order valence-corrected chi connectivity index (χ0v) is 10.0. The van der Waals surface area contributed by atoms with E-state index in [9.17, 15) is 9.90 Å². The minimum Gasteiger partial charge on any atom is -0.497 e. The Kier molecular flexibility index (Phi) is 4.40. The molecule has 1 aliphatic heterocycles. The normalized spacial score (nSPS) is 16.6. The summed E-state index contributed by atoms with van der Waals surface area (Å²) in [7, 11) is 1.81. The van der Waals surface area contributed by atoms with Gasteiger partial charge in [-0.15, -0.1) is 0 Å². The summed E-state index contributed by atoms with van der Waals surface area (Å²) in [5, 5.41) is 9.20. The number of ether oxygens (including phenoxy) is 1. The van der Waals surface area contributed by atoms with E-state index >= 15 is 0 Å². The number of rotatable bonds is 5. The second kappa shape index (κ2) is 5.58. The van der Waals surface area contributed by atoms with Crippen LogP contribution in [-0.2, 0) is 9.53 Å². The van der Waals surface area contributed by atoms with E-state index in [1.165, 1.54) is 0 Å². The highest BCUT2D eigenvalue weighted by Crippen LogP contribution is 2.17. The Labute approximate surface area is 96.2 Å². The van der Waals surface area contributed by atoms with Gasteiger partial charge in [0.15, 0.2) is 0 Å². The van der Waals surface area contributed by atoms with Crippen molar-refractivity contribution in [1.82, 2.24) is 4.90 Å². The van der Waals surface area contributed by atoms with E-state index in [1.807, 2.05) is 27.0 Å². The first kappa shape index (κ1) is 12.6. The van der Waals surface area contributed by atoms with Gasteiger partial charge in [0, 0.05) is 12.7 Å². The molecule has 1 unspecified atom stereocenters. The molecule has 0 radical (unpaired) electrons.